The Morgan fingerprint density at radius 3 is 2.25 bits per heavy atom. The largest absolute Gasteiger partial charge is 0.458 e. The molecule has 0 amide bonds. The number of halogens is 3. The highest BCUT2D eigenvalue weighted by atomic mass is 19.3. The summed E-state index contributed by atoms with van der Waals surface area (Å²) in [7, 11) is 0. The van der Waals surface area contributed by atoms with E-state index < -0.39 is 24.3 Å². The van der Waals surface area contributed by atoms with Gasteiger partial charge in [-0.25, -0.2) is 13.6 Å². The standard InChI is InChI=1S/C7H9F3O2/c1-4(2)12-7(11)5(8)3-6(9)10/h3-4,6H,1-2H3. The topological polar surface area (TPSA) is 26.3 Å². The zero-order valence-corrected chi connectivity index (χ0v) is 6.68. The number of esters is 1. The summed E-state index contributed by atoms with van der Waals surface area (Å²) in [4.78, 5) is 10.5. The average molecular weight is 182 g/mol. The molecule has 0 radical (unpaired) electrons. The number of carbonyl (C=O) groups is 1. The summed E-state index contributed by atoms with van der Waals surface area (Å²) in [5.74, 6) is -2.91. The second-order valence-corrected chi connectivity index (χ2v) is 2.30. The van der Waals surface area contributed by atoms with Crippen molar-refractivity contribution in [2.75, 3.05) is 0 Å². The van der Waals surface area contributed by atoms with Crippen molar-refractivity contribution in [2.24, 2.45) is 0 Å². The quantitative estimate of drug-likeness (QED) is 0.493. The van der Waals surface area contributed by atoms with Gasteiger partial charge in [0.2, 0.25) is 5.83 Å². The van der Waals surface area contributed by atoms with E-state index in [1.165, 1.54) is 13.8 Å². The zero-order chi connectivity index (χ0) is 9.72. The van der Waals surface area contributed by atoms with Gasteiger partial charge in [-0.2, -0.15) is 4.39 Å². The molecule has 0 aromatic carbocycles. The van der Waals surface area contributed by atoms with Crippen LogP contribution in [0, 0.1) is 0 Å². The molecule has 0 unspecified atom stereocenters. The molecule has 0 atom stereocenters. The van der Waals surface area contributed by atoms with E-state index in [-0.39, 0.29) is 6.08 Å². The smallest absolute Gasteiger partial charge is 0.367 e. The van der Waals surface area contributed by atoms with Crippen molar-refractivity contribution in [1.82, 2.24) is 0 Å². The molecule has 0 N–H and O–H groups in total. The maximum Gasteiger partial charge on any atom is 0.367 e. The predicted octanol–water partition coefficient (Wildman–Crippen LogP) is 2.06. The Balaban J connectivity index is 4.10. The molecule has 0 rings (SSSR count). The number of carbonyl (C=O) groups excluding carboxylic acids is 1. The predicted molar refractivity (Wildman–Crippen MR) is 36.4 cm³/mol. The van der Waals surface area contributed by atoms with Crippen LogP contribution in [0.2, 0.25) is 0 Å². The Labute approximate surface area is 68.0 Å². The van der Waals surface area contributed by atoms with Crippen molar-refractivity contribution in [3.8, 4) is 0 Å². The lowest BCUT2D eigenvalue weighted by Gasteiger charge is -2.05. The van der Waals surface area contributed by atoms with E-state index in [1.807, 2.05) is 0 Å². The van der Waals surface area contributed by atoms with Crippen molar-refractivity contribution in [2.45, 2.75) is 26.4 Å². The summed E-state index contributed by atoms with van der Waals surface area (Å²) in [6, 6.07) is 0. The SMILES string of the molecule is CC(C)OC(=O)C(F)=CC(F)F. The van der Waals surface area contributed by atoms with Crippen LogP contribution in [-0.2, 0) is 9.53 Å². The van der Waals surface area contributed by atoms with E-state index in [1.54, 1.807) is 0 Å². The van der Waals surface area contributed by atoms with Gasteiger partial charge in [0.25, 0.3) is 6.43 Å². The number of ether oxygens (including phenoxy) is 1. The zero-order valence-electron chi connectivity index (χ0n) is 6.68. The first kappa shape index (κ1) is 11.0. The average Bonchev–Trinajstić information content (AvgIpc) is 1.84. The molecule has 2 nitrogen and oxygen atoms in total. The lowest BCUT2D eigenvalue weighted by molar-refractivity contribution is -0.144. The molecule has 0 fully saturated rings. The maximum atomic E-state index is 12.3. The molecule has 0 saturated carbocycles. The number of hydrogen-bond acceptors (Lipinski definition) is 2. The van der Waals surface area contributed by atoms with Crippen LogP contribution in [0.3, 0.4) is 0 Å². The number of rotatable bonds is 3. The van der Waals surface area contributed by atoms with Crippen LogP contribution in [-0.4, -0.2) is 18.5 Å². The Morgan fingerprint density at radius 1 is 1.42 bits per heavy atom. The molecule has 0 spiro atoms. The first-order valence-corrected chi connectivity index (χ1v) is 3.30. The van der Waals surface area contributed by atoms with Crippen LogP contribution < -0.4 is 0 Å². The van der Waals surface area contributed by atoms with E-state index in [0.717, 1.165) is 0 Å². The number of hydrogen-bond donors (Lipinski definition) is 0. The normalized spacial score (nSPS) is 12.4. The first-order valence-electron chi connectivity index (χ1n) is 3.30. The third-order valence-electron chi connectivity index (χ3n) is 0.810. The van der Waals surface area contributed by atoms with Crippen molar-refractivity contribution >= 4 is 5.97 Å². The van der Waals surface area contributed by atoms with Gasteiger partial charge in [0.05, 0.1) is 6.10 Å². The van der Waals surface area contributed by atoms with Gasteiger partial charge in [-0.3, -0.25) is 0 Å². The van der Waals surface area contributed by atoms with Gasteiger partial charge in [-0.05, 0) is 13.8 Å². The minimum Gasteiger partial charge on any atom is -0.458 e. The lowest BCUT2D eigenvalue weighted by atomic mass is 10.4. The molecule has 12 heavy (non-hydrogen) atoms. The van der Waals surface area contributed by atoms with Crippen LogP contribution in [0.15, 0.2) is 11.9 Å². The second-order valence-electron chi connectivity index (χ2n) is 2.30. The van der Waals surface area contributed by atoms with Crippen LogP contribution in [0.1, 0.15) is 13.8 Å². The van der Waals surface area contributed by atoms with E-state index in [9.17, 15) is 18.0 Å². The molecule has 70 valence electrons. The van der Waals surface area contributed by atoms with Gasteiger partial charge in [-0.1, -0.05) is 0 Å². The van der Waals surface area contributed by atoms with E-state index in [2.05, 4.69) is 4.74 Å². The molecule has 0 saturated heterocycles. The third-order valence-corrected chi connectivity index (χ3v) is 0.810. The van der Waals surface area contributed by atoms with Gasteiger partial charge in [0.15, 0.2) is 0 Å². The van der Waals surface area contributed by atoms with Gasteiger partial charge < -0.3 is 4.74 Å². The van der Waals surface area contributed by atoms with Crippen molar-refractivity contribution in [3.63, 3.8) is 0 Å². The highest BCUT2D eigenvalue weighted by molar-refractivity contribution is 5.86. The summed E-state index contributed by atoms with van der Waals surface area (Å²) in [5.41, 5.74) is 0. The van der Waals surface area contributed by atoms with Gasteiger partial charge >= 0.3 is 5.97 Å². The summed E-state index contributed by atoms with van der Waals surface area (Å²) in [5, 5.41) is 0. The van der Waals surface area contributed by atoms with Crippen molar-refractivity contribution in [3.05, 3.63) is 11.9 Å². The number of alkyl halides is 2. The van der Waals surface area contributed by atoms with Gasteiger partial charge in [-0.15, -0.1) is 0 Å². The van der Waals surface area contributed by atoms with Gasteiger partial charge in [0, 0.05) is 6.08 Å². The molecule has 0 aliphatic carbocycles. The summed E-state index contributed by atoms with van der Waals surface area (Å²) >= 11 is 0. The van der Waals surface area contributed by atoms with Crippen molar-refractivity contribution < 1.29 is 22.7 Å². The Hall–Kier alpha value is -1.00. The Bertz CT molecular complexity index is 187. The molecule has 5 heteroatoms. The second kappa shape index (κ2) is 4.79. The molecule has 0 aromatic heterocycles. The van der Waals surface area contributed by atoms with Crippen LogP contribution >= 0.6 is 0 Å². The highest BCUT2D eigenvalue weighted by Gasteiger charge is 2.14. The molecule has 0 heterocycles. The minimum absolute atomic E-state index is 0.0925. The maximum absolute atomic E-state index is 12.3. The minimum atomic E-state index is -2.98. The highest BCUT2D eigenvalue weighted by Crippen LogP contribution is 2.06. The molecular weight excluding hydrogens is 173 g/mol. The molecule has 0 aromatic rings. The fourth-order valence-electron chi connectivity index (χ4n) is 0.449. The molecule has 0 bridgehead atoms. The van der Waals surface area contributed by atoms with Gasteiger partial charge in [0.1, 0.15) is 0 Å². The molecular formula is C7H9F3O2. The molecule has 0 aliphatic heterocycles. The summed E-state index contributed by atoms with van der Waals surface area (Å²) in [6.45, 7) is 2.99. The monoisotopic (exact) mass is 182 g/mol. The fourth-order valence-corrected chi connectivity index (χ4v) is 0.449. The Kier molecular flexibility index (Phi) is 4.39. The van der Waals surface area contributed by atoms with Crippen LogP contribution in [0.25, 0.3) is 0 Å². The fraction of sp³-hybridized carbons (Fsp3) is 0.571. The lowest BCUT2D eigenvalue weighted by Crippen LogP contribution is -2.12. The summed E-state index contributed by atoms with van der Waals surface area (Å²) in [6.07, 6.45) is -3.59. The third kappa shape index (κ3) is 4.76. The van der Waals surface area contributed by atoms with E-state index in [4.69, 9.17) is 0 Å². The Morgan fingerprint density at radius 2 is 1.92 bits per heavy atom. The number of allylic oxidation sites excluding steroid dienone is 1. The molecule has 0 aliphatic rings. The van der Waals surface area contributed by atoms with E-state index in [0.29, 0.717) is 0 Å². The summed E-state index contributed by atoms with van der Waals surface area (Å²) < 4.78 is 39.5. The van der Waals surface area contributed by atoms with Crippen LogP contribution in [0.4, 0.5) is 13.2 Å². The van der Waals surface area contributed by atoms with E-state index >= 15 is 0 Å². The van der Waals surface area contributed by atoms with Crippen molar-refractivity contribution in [1.29, 1.82) is 0 Å². The van der Waals surface area contributed by atoms with Crippen LogP contribution in [0.5, 0.6) is 0 Å². The first-order chi connectivity index (χ1) is 5.43.